The van der Waals surface area contributed by atoms with Crippen molar-refractivity contribution in [1.29, 1.82) is 0 Å². The highest BCUT2D eigenvalue weighted by Gasteiger charge is 2.07. The zero-order valence-corrected chi connectivity index (χ0v) is 12.7. The second-order valence-electron chi connectivity index (χ2n) is 4.52. The Balaban J connectivity index is 2.04. The molecule has 7 nitrogen and oxygen atoms in total. The molecule has 0 bridgehead atoms. The molecule has 0 atom stereocenters. The van der Waals surface area contributed by atoms with E-state index in [1.165, 1.54) is 11.8 Å². The van der Waals surface area contributed by atoms with Crippen LogP contribution in [0, 0.1) is 12.8 Å². The average molecular weight is 300 g/mol. The van der Waals surface area contributed by atoms with Crippen molar-refractivity contribution in [3.05, 3.63) is 11.7 Å². The smallest absolute Gasteiger partial charge is 0.230 e. The van der Waals surface area contributed by atoms with Gasteiger partial charge >= 0.3 is 0 Å². The number of hydrogen-bond acceptors (Lipinski definition) is 6. The van der Waals surface area contributed by atoms with Crippen molar-refractivity contribution in [2.45, 2.75) is 26.5 Å². The van der Waals surface area contributed by atoms with Gasteiger partial charge in [-0.15, -0.1) is 11.8 Å². The molecule has 0 spiro atoms. The Morgan fingerprint density at radius 3 is 2.60 bits per heavy atom. The molecule has 20 heavy (non-hydrogen) atoms. The first-order valence-electron chi connectivity index (χ1n) is 6.40. The molecule has 0 radical (unpaired) electrons. The van der Waals surface area contributed by atoms with Crippen LogP contribution in [0.4, 0.5) is 0 Å². The number of aromatic nitrogens is 2. The summed E-state index contributed by atoms with van der Waals surface area (Å²) in [5.41, 5.74) is 0. The molecule has 1 aromatic heterocycles. The second kappa shape index (κ2) is 8.57. The van der Waals surface area contributed by atoms with E-state index in [0.717, 1.165) is 0 Å². The van der Waals surface area contributed by atoms with Crippen LogP contribution in [0.1, 0.15) is 25.6 Å². The van der Waals surface area contributed by atoms with Gasteiger partial charge in [0.1, 0.15) is 0 Å². The number of rotatable bonds is 8. The Morgan fingerprint density at radius 1 is 1.30 bits per heavy atom. The Bertz CT molecular complexity index is 448. The van der Waals surface area contributed by atoms with E-state index in [0.29, 0.717) is 36.3 Å². The predicted molar refractivity (Wildman–Crippen MR) is 76.1 cm³/mol. The zero-order chi connectivity index (χ0) is 15.0. The number of hydrogen-bond donors (Lipinski definition) is 2. The minimum Gasteiger partial charge on any atom is -0.354 e. The van der Waals surface area contributed by atoms with E-state index >= 15 is 0 Å². The minimum absolute atomic E-state index is 0.0129. The van der Waals surface area contributed by atoms with Crippen LogP contribution >= 0.6 is 11.8 Å². The Kier molecular flexibility index (Phi) is 7.06. The van der Waals surface area contributed by atoms with Crippen LogP contribution in [0.3, 0.4) is 0 Å². The summed E-state index contributed by atoms with van der Waals surface area (Å²) in [5, 5.41) is 9.20. The fourth-order valence-corrected chi connectivity index (χ4v) is 1.97. The van der Waals surface area contributed by atoms with Crippen molar-refractivity contribution < 1.29 is 14.1 Å². The number of nitrogens with one attached hydrogen (secondary N) is 2. The molecule has 0 fully saturated rings. The van der Waals surface area contributed by atoms with Crippen molar-refractivity contribution in [1.82, 2.24) is 20.8 Å². The molecule has 1 heterocycles. The molecule has 0 saturated heterocycles. The topological polar surface area (TPSA) is 97.1 Å². The summed E-state index contributed by atoms with van der Waals surface area (Å²) in [4.78, 5) is 26.8. The zero-order valence-electron chi connectivity index (χ0n) is 11.9. The summed E-state index contributed by atoms with van der Waals surface area (Å²) in [6.45, 7) is 6.24. The summed E-state index contributed by atoms with van der Waals surface area (Å²) in [6, 6.07) is 0. The van der Waals surface area contributed by atoms with Crippen LogP contribution in [0.15, 0.2) is 4.52 Å². The number of nitrogens with zero attached hydrogens (tertiary/aromatic N) is 2. The Morgan fingerprint density at radius 2 is 2.00 bits per heavy atom. The highest BCUT2D eigenvalue weighted by atomic mass is 32.2. The van der Waals surface area contributed by atoms with E-state index in [9.17, 15) is 9.59 Å². The summed E-state index contributed by atoms with van der Waals surface area (Å²) >= 11 is 1.41. The summed E-state index contributed by atoms with van der Waals surface area (Å²) < 4.78 is 4.83. The second-order valence-corrected chi connectivity index (χ2v) is 5.50. The fraction of sp³-hybridized carbons (Fsp3) is 0.667. The van der Waals surface area contributed by atoms with Gasteiger partial charge < -0.3 is 15.2 Å². The lowest BCUT2D eigenvalue weighted by Gasteiger charge is -2.08. The normalized spacial score (nSPS) is 10.6. The fourth-order valence-electron chi connectivity index (χ4n) is 1.28. The van der Waals surface area contributed by atoms with E-state index in [4.69, 9.17) is 4.52 Å². The van der Waals surface area contributed by atoms with Gasteiger partial charge in [-0.05, 0) is 0 Å². The maximum Gasteiger partial charge on any atom is 0.230 e. The van der Waals surface area contributed by atoms with Gasteiger partial charge in [0.25, 0.3) is 0 Å². The third-order valence-corrected chi connectivity index (χ3v) is 3.23. The van der Waals surface area contributed by atoms with Crippen molar-refractivity contribution >= 4 is 23.6 Å². The molecule has 0 unspecified atom stereocenters. The van der Waals surface area contributed by atoms with Crippen molar-refractivity contribution in [2.75, 3.05) is 18.8 Å². The van der Waals surface area contributed by atoms with Gasteiger partial charge in [-0.2, -0.15) is 4.98 Å². The largest absolute Gasteiger partial charge is 0.354 e. The third-order valence-electron chi connectivity index (χ3n) is 2.30. The van der Waals surface area contributed by atoms with Gasteiger partial charge in [0.2, 0.25) is 17.7 Å². The highest BCUT2D eigenvalue weighted by molar-refractivity contribution is 7.99. The lowest BCUT2D eigenvalue weighted by Crippen LogP contribution is -2.37. The molecule has 0 aromatic carbocycles. The lowest BCUT2D eigenvalue weighted by atomic mass is 10.2. The van der Waals surface area contributed by atoms with Crippen LogP contribution in [0.5, 0.6) is 0 Å². The number of aryl methyl sites for hydroxylation is 1. The first-order valence-corrected chi connectivity index (χ1v) is 7.56. The van der Waals surface area contributed by atoms with E-state index in [1.54, 1.807) is 6.92 Å². The Labute approximate surface area is 122 Å². The van der Waals surface area contributed by atoms with Crippen molar-refractivity contribution in [2.24, 2.45) is 5.92 Å². The van der Waals surface area contributed by atoms with Crippen LogP contribution in [-0.2, 0) is 15.3 Å². The van der Waals surface area contributed by atoms with Gasteiger partial charge in [-0.25, -0.2) is 0 Å². The lowest BCUT2D eigenvalue weighted by molar-refractivity contribution is -0.124. The molecule has 112 valence electrons. The first kappa shape index (κ1) is 16.5. The van der Waals surface area contributed by atoms with Crippen molar-refractivity contribution in [3.63, 3.8) is 0 Å². The molecule has 1 rings (SSSR count). The number of carbonyl (C=O) groups is 2. The number of carbonyl (C=O) groups excluding carboxylic acids is 2. The summed E-state index contributed by atoms with van der Waals surface area (Å²) in [5.74, 6) is 1.84. The van der Waals surface area contributed by atoms with Crippen LogP contribution in [-0.4, -0.2) is 40.8 Å². The monoisotopic (exact) mass is 300 g/mol. The number of amides is 2. The molecular formula is C12H20N4O3S. The van der Waals surface area contributed by atoms with Gasteiger partial charge in [-0.1, -0.05) is 19.0 Å². The standard InChI is InChI=1S/C12H20N4O3S/c1-8(2)12(18)14-5-4-13-11(17)7-20-6-10-15-9(3)19-16-10/h8H,4-7H2,1-3H3,(H,13,17)(H,14,18). The molecule has 2 N–H and O–H groups in total. The minimum atomic E-state index is -0.0750. The van der Waals surface area contributed by atoms with Crippen LogP contribution in [0.25, 0.3) is 0 Å². The highest BCUT2D eigenvalue weighted by Crippen LogP contribution is 2.08. The van der Waals surface area contributed by atoms with E-state index in [-0.39, 0.29) is 17.7 Å². The molecular weight excluding hydrogens is 280 g/mol. The van der Waals surface area contributed by atoms with Gasteiger partial charge in [-0.3, -0.25) is 9.59 Å². The molecule has 0 saturated carbocycles. The third kappa shape index (κ3) is 6.55. The maximum atomic E-state index is 11.5. The van der Waals surface area contributed by atoms with Gasteiger partial charge in [0.15, 0.2) is 5.82 Å². The van der Waals surface area contributed by atoms with Crippen LogP contribution < -0.4 is 10.6 Å². The van der Waals surface area contributed by atoms with E-state index in [2.05, 4.69) is 20.8 Å². The van der Waals surface area contributed by atoms with Crippen molar-refractivity contribution in [3.8, 4) is 0 Å². The SMILES string of the molecule is Cc1nc(CSCC(=O)NCCNC(=O)C(C)C)no1. The Hall–Kier alpha value is -1.57. The predicted octanol–water partition coefficient (Wildman–Crippen LogP) is 0.500. The van der Waals surface area contributed by atoms with E-state index in [1.807, 2.05) is 13.8 Å². The molecule has 0 aliphatic carbocycles. The summed E-state index contributed by atoms with van der Waals surface area (Å²) in [6.07, 6.45) is 0. The van der Waals surface area contributed by atoms with Gasteiger partial charge in [0, 0.05) is 25.9 Å². The maximum absolute atomic E-state index is 11.5. The van der Waals surface area contributed by atoms with E-state index < -0.39 is 0 Å². The van der Waals surface area contributed by atoms with Crippen LogP contribution in [0.2, 0.25) is 0 Å². The molecule has 2 amide bonds. The van der Waals surface area contributed by atoms with Gasteiger partial charge in [0.05, 0.1) is 11.5 Å². The summed E-state index contributed by atoms with van der Waals surface area (Å²) in [7, 11) is 0. The molecule has 1 aromatic rings. The molecule has 0 aliphatic rings. The number of thioether (sulfide) groups is 1. The quantitative estimate of drug-likeness (QED) is 0.679. The molecule has 8 heteroatoms. The average Bonchev–Trinajstić information content (AvgIpc) is 2.80. The molecule has 0 aliphatic heterocycles. The first-order chi connectivity index (χ1) is 9.49.